The van der Waals surface area contributed by atoms with E-state index in [4.69, 9.17) is 5.11 Å². The van der Waals surface area contributed by atoms with Crippen LogP contribution in [-0.4, -0.2) is 52.3 Å². The highest BCUT2D eigenvalue weighted by molar-refractivity contribution is 5.77. The van der Waals surface area contributed by atoms with Crippen molar-refractivity contribution < 1.29 is 19.8 Å². The number of hydrogen-bond donors (Lipinski definition) is 3. The molecule has 6 nitrogen and oxygen atoms in total. The maximum Gasteiger partial charge on any atom is 0.334 e. The summed E-state index contributed by atoms with van der Waals surface area (Å²) in [5, 5.41) is 20.3. The summed E-state index contributed by atoms with van der Waals surface area (Å²) >= 11 is 0. The normalized spacial score (nSPS) is 28.4. The number of carboxylic acids is 1. The highest BCUT2D eigenvalue weighted by atomic mass is 16.4. The van der Waals surface area contributed by atoms with Crippen LogP contribution in [0.4, 0.5) is 4.79 Å². The van der Waals surface area contributed by atoms with E-state index in [1.807, 2.05) is 4.90 Å². The number of aliphatic carboxylic acids is 1. The number of nitrogens with one attached hydrogen (secondary N) is 1. The molecule has 0 aromatic carbocycles. The van der Waals surface area contributed by atoms with Gasteiger partial charge < -0.3 is 20.4 Å². The van der Waals surface area contributed by atoms with E-state index < -0.39 is 12.1 Å². The highest BCUT2D eigenvalue weighted by Gasteiger charge is 2.35. The molecule has 3 atom stereocenters. The van der Waals surface area contributed by atoms with Gasteiger partial charge in [0.15, 0.2) is 6.10 Å². The number of carbonyl (C=O) groups is 2. The summed E-state index contributed by atoms with van der Waals surface area (Å²) in [6, 6.07) is 0.0568. The van der Waals surface area contributed by atoms with Crippen molar-refractivity contribution in [2.45, 2.75) is 50.7 Å². The van der Waals surface area contributed by atoms with Crippen LogP contribution in [0.2, 0.25) is 0 Å². The van der Waals surface area contributed by atoms with Crippen LogP contribution in [0.25, 0.3) is 0 Å². The summed E-state index contributed by atoms with van der Waals surface area (Å²) in [4.78, 5) is 24.4. The minimum atomic E-state index is -1.53. The van der Waals surface area contributed by atoms with Crippen molar-refractivity contribution in [3.8, 4) is 0 Å². The number of carboxylic acid groups (broad SMARTS) is 1. The highest BCUT2D eigenvalue weighted by Crippen LogP contribution is 2.35. The number of aliphatic hydroxyl groups is 1. The number of fused-ring (bicyclic) bond motifs is 1. The summed E-state index contributed by atoms with van der Waals surface area (Å²) < 4.78 is 0. The number of hydrogen-bond acceptors (Lipinski definition) is 3. The topological polar surface area (TPSA) is 89.9 Å². The van der Waals surface area contributed by atoms with Gasteiger partial charge in [-0.2, -0.15) is 0 Å². The average molecular weight is 270 g/mol. The molecule has 0 bridgehead atoms. The molecule has 1 aliphatic carbocycles. The van der Waals surface area contributed by atoms with Gasteiger partial charge in [0.1, 0.15) is 0 Å². The third-order valence-electron chi connectivity index (χ3n) is 4.24. The number of amides is 2. The quantitative estimate of drug-likeness (QED) is 0.707. The molecule has 6 heteroatoms. The zero-order valence-electron chi connectivity index (χ0n) is 11.0. The number of piperidine rings is 1. The van der Waals surface area contributed by atoms with Gasteiger partial charge in [-0.1, -0.05) is 12.8 Å². The standard InChI is InChI=1S/C13H22N2O4/c16-11(12(17)18)8-14-13(19)15-7-3-5-9-4-1-2-6-10(9)15/h9-11,16H,1-8H2,(H,14,19)(H,17,18)/t9-,10-,11?/m1/s1. The molecule has 2 amide bonds. The van der Waals surface area contributed by atoms with Gasteiger partial charge in [0.25, 0.3) is 0 Å². The van der Waals surface area contributed by atoms with E-state index in [-0.39, 0.29) is 12.6 Å². The van der Waals surface area contributed by atoms with Crippen molar-refractivity contribution in [3.63, 3.8) is 0 Å². The Hall–Kier alpha value is -1.30. The van der Waals surface area contributed by atoms with Gasteiger partial charge in [-0.25, -0.2) is 9.59 Å². The van der Waals surface area contributed by atoms with Crippen LogP contribution in [0, 0.1) is 5.92 Å². The number of rotatable bonds is 3. The fourth-order valence-corrected chi connectivity index (χ4v) is 3.25. The number of urea groups is 1. The van der Waals surface area contributed by atoms with E-state index in [2.05, 4.69) is 5.32 Å². The van der Waals surface area contributed by atoms with Gasteiger partial charge in [-0.05, 0) is 31.6 Å². The molecular weight excluding hydrogens is 248 g/mol. The average Bonchev–Trinajstić information content (AvgIpc) is 2.43. The Morgan fingerprint density at radius 1 is 1.21 bits per heavy atom. The Morgan fingerprint density at radius 3 is 2.63 bits per heavy atom. The lowest BCUT2D eigenvalue weighted by atomic mass is 9.78. The van der Waals surface area contributed by atoms with Crippen LogP contribution >= 0.6 is 0 Å². The van der Waals surface area contributed by atoms with Gasteiger partial charge in [-0.3, -0.25) is 0 Å². The van der Waals surface area contributed by atoms with Gasteiger partial charge in [0, 0.05) is 12.6 Å². The predicted octanol–water partition coefficient (Wildman–Crippen LogP) is 0.796. The van der Waals surface area contributed by atoms with E-state index in [0.29, 0.717) is 12.0 Å². The second-order valence-corrected chi connectivity index (χ2v) is 5.49. The largest absolute Gasteiger partial charge is 0.479 e. The van der Waals surface area contributed by atoms with Crippen molar-refractivity contribution in [2.24, 2.45) is 5.92 Å². The van der Waals surface area contributed by atoms with Gasteiger partial charge in [-0.15, -0.1) is 0 Å². The van der Waals surface area contributed by atoms with Crippen LogP contribution in [0.5, 0.6) is 0 Å². The van der Waals surface area contributed by atoms with Crippen molar-refractivity contribution in [2.75, 3.05) is 13.1 Å². The van der Waals surface area contributed by atoms with Crippen LogP contribution in [0.15, 0.2) is 0 Å². The molecule has 1 saturated carbocycles. The SMILES string of the molecule is O=C(O)C(O)CNC(=O)N1CCC[C@H]2CCCC[C@H]21. The van der Waals surface area contributed by atoms with Crippen LogP contribution in [0.1, 0.15) is 38.5 Å². The monoisotopic (exact) mass is 270 g/mol. The van der Waals surface area contributed by atoms with Crippen LogP contribution in [0.3, 0.4) is 0 Å². The second kappa shape index (κ2) is 6.23. The molecule has 3 N–H and O–H groups in total. The summed E-state index contributed by atoms with van der Waals surface area (Å²) in [7, 11) is 0. The molecule has 1 unspecified atom stereocenters. The summed E-state index contributed by atoms with van der Waals surface area (Å²) in [5.41, 5.74) is 0. The van der Waals surface area contributed by atoms with E-state index in [9.17, 15) is 14.7 Å². The minimum Gasteiger partial charge on any atom is -0.479 e. The van der Waals surface area contributed by atoms with E-state index in [1.165, 1.54) is 19.3 Å². The fraction of sp³-hybridized carbons (Fsp3) is 0.846. The molecule has 108 valence electrons. The number of aliphatic hydroxyl groups excluding tert-OH is 1. The minimum absolute atomic E-state index is 0.234. The first kappa shape index (κ1) is 14.1. The Bertz CT molecular complexity index is 346. The van der Waals surface area contributed by atoms with Gasteiger partial charge >= 0.3 is 12.0 Å². The molecule has 0 spiro atoms. The molecule has 0 aromatic heterocycles. The zero-order valence-corrected chi connectivity index (χ0v) is 11.0. The molecule has 1 aliphatic heterocycles. The van der Waals surface area contributed by atoms with E-state index in [0.717, 1.165) is 25.8 Å². The summed E-state index contributed by atoms with van der Waals surface area (Å²) in [6.45, 7) is 0.498. The first-order chi connectivity index (χ1) is 9.09. The van der Waals surface area contributed by atoms with E-state index >= 15 is 0 Å². The maximum absolute atomic E-state index is 12.1. The predicted molar refractivity (Wildman–Crippen MR) is 68.7 cm³/mol. The number of likely N-dealkylation sites (tertiary alicyclic amines) is 1. The molecule has 2 fully saturated rings. The van der Waals surface area contributed by atoms with Crippen molar-refractivity contribution >= 4 is 12.0 Å². The van der Waals surface area contributed by atoms with Crippen molar-refractivity contribution in [1.82, 2.24) is 10.2 Å². The first-order valence-corrected chi connectivity index (χ1v) is 7.05. The van der Waals surface area contributed by atoms with Gasteiger partial charge in [0.2, 0.25) is 0 Å². The Kier molecular flexibility index (Phi) is 4.63. The third kappa shape index (κ3) is 3.37. The number of carbonyl (C=O) groups excluding carboxylic acids is 1. The molecule has 2 aliphatic rings. The summed E-state index contributed by atoms with van der Waals surface area (Å²) in [6.07, 6.45) is 5.29. The molecule has 0 aromatic rings. The molecule has 1 saturated heterocycles. The molecule has 2 rings (SSSR count). The lowest BCUT2D eigenvalue weighted by Gasteiger charge is -2.44. The lowest BCUT2D eigenvalue weighted by molar-refractivity contribution is -0.146. The molecular formula is C13H22N2O4. The Morgan fingerprint density at radius 2 is 1.89 bits per heavy atom. The first-order valence-electron chi connectivity index (χ1n) is 7.05. The smallest absolute Gasteiger partial charge is 0.334 e. The van der Waals surface area contributed by atoms with Crippen molar-refractivity contribution in [3.05, 3.63) is 0 Å². The Labute approximate surface area is 112 Å². The zero-order chi connectivity index (χ0) is 13.8. The molecule has 19 heavy (non-hydrogen) atoms. The van der Waals surface area contributed by atoms with Gasteiger partial charge in [0.05, 0.1) is 6.54 Å². The molecule has 0 radical (unpaired) electrons. The molecule has 1 heterocycles. The third-order valence-corrected chi connectivity index (χ3v) is 4.24. The lowest BCUT2D eigenvalue weighted by Crippen LogP contribution is -2.54. The number of nitrogens with zero attached hydrogens (tertiary/aromatic N) is 1. The second-order valence-electron chi connectivity index (χ2n) is 5.49. The van der Waals surface area contributed by atoms with Crippen molar-refractivity contribution in [1.29, 1.82) is 0 Å². The fourth-order valence-electron chi connectivity index (χ4n) is 3.25. The maximum atomic E-state index is 12.1. The summed E-state index contributed by atoms with van der Waals surface area (Å²) in [5.74, 6) is -0.716. The Balaban J connectivity index is 1.88. The van der Waals surface area contributed by atoms with E-state index in [1.54, 1.807) is 0 Å². The van der Waals surface area contributed by atoms with Crippen LogP contribution < -0.4 is 5.32 Å². The van der Waals surface area contributed by atoms with Crippen LogP contribution in [-0.2, 0) is 4.79 Å².